The number of rotatable bonds is 8. The Morgan fingerprint density at radius 2 is 1.85 bits per heavy atom. The number of hydrogen-bond acceptors (Lipinski definition) is 3. The fraction of sp³-hybridized carbons (Fsp3) is 0.238. The molecule has 0 saturated carbocycles. The molecule has 0 aliphatic carbocycles. The van der Waals surface area contributed by atoms with Crippen molar-refractivity contribution in [3.8, 4) is 5.75 Å². The molecule has 0 bridgehead atoms. The van der Waals surface area contributed by atoms with Crippen molar-refractivity contribution in [2.75, 3.05) is 20.3 Å². The van der Waals surface area contributed by atoms with E-state index >= 15 is 0 Å². The molecule has 136 valence electrons. The second-order valence-corrected chi connectivity index (χ2v) is 6.80. The summed E-state index contributed by atoms with van der Waals surface area (Å²) in [5.74, 6) is 0.847. The van der Waals surface area contributed by atoms with Crippen molar-refractivity contribution in [1.82, 2.24) is 5.32 Å². The van der Waals surface area contributed by atoms with Crippen LogP contribution in [-0.4, -0.2) is 20.3 Å². The van der Waals surface area contributed by atoms with E-state index in [1.807, 2.05) is 30.3 Å². The zero-order valence-corrected chi connectivity index (χ0v) is 16.1. The second-order valence-electron chi connectivity index (χ2n) is 5.96. The molecule has 0 aromatic heterocycles. The van der Waals surface area contributed by atoms with Crippen molar-refractivity contribution in [1.29, 1.82) is 0 Å². The van der Waals surface area contributed by atoms with Crippen LogP contribution in [0.5, 0.6) is 5.75 Å². The van der Waals surface area contributed by atoms with E-state index < -0.39 is 0 Å². The van der Waals surface area contributed by atoms with E-state index in [9.17, 15) is 0 Å². The number of benzene rings is 3. The summed E-state index contributed by atoms with van der Waals surface area (Å²) in [6, 6.07) is 17.8. The fourth-order valence-electron chi connectivity index (χ4n) is 2.82. The molecule has 3 rings (SSSR count). The highest BCUT2D eigenvalue weighted by Gasteiger charge is 2.10. The van der Waals surface area contributed by atoms with E-state index in [1.54, 1.807) is 13.2 Å². The van der Waals surface area contributed by atoms with Crippen molar-refractivity contribution in [3.63, 3.8) is 0 Å². The highest BCUT2D eigenvalue weighted by molar-refractivity contribution is 6.35. The third-order valence-electron chi connectivity index (χ3n) is 4.18. The van der Waals surface area contributed by atoms with E-state index in [1.165, 1.54) is 10.8 Å². The molecule has 0 atom stereocenters. The van der Waals surface area contributed by atoms with Gasteiger partial charge in [-0.15, -0.1) is 0 Å². The van der Waals surface area contributed by atoms with E-state index in [4.69, 9.17) is 32.7 Å². The maximum atomic E-state index is 6.26. The van der Waals surface area contributed by atoms with E-state index in [0.29, 0.717) is 29.8 Å². The Balaban J connectivity index is 1.83. The molecular weight excluding hydrogens is 369 g/mol. The lowest BCUT2D eigenvalue weighted by molar-refractivity contribution is 0.199. The first-order valence-electron chi connectivity index (χ1n) is 8.46. The molecule has 3 nitrogen and oxygen atoms in total. The van der Waals surface area contributed by atoms with Gasteiger partial charge >= 0.3 is 0 Å². The summed E-state index contributed by atoms with van der Waals surface area (Å²) in [5, 5.41) is 7.00. The molecule has 0 fully saturated rings. The first kappa shape index (κ1) is 19.0. The maximum absolute atomic E-state index is 6.26. The van der Waals surface area contributed by atoms with Gasteiger partial charge in [0.2, 0.25) is 0 Å². The first-order valence-corrected chi connectivity index (χ1v) is 9.21. The Morgan fingerprint density at radius 3 is 2.65 bits per heavy atom. The minimum absolute atomic E-state index is 0.388. The lowest BCUT2D eigenvalue weighted by Gasteiger charge is -2.16. The van der Waals surface area contributed by atoms with Crippen molar-refractivity contribution < 1.29 is 9.47 Å². The number of ether oxygens (including phenoxy) is 2. The van der Waals surface area contributed by atoms with Gasteiger partial charge in [-0.05, 0) is 29.0 Å². The topological polar surface area (TPSA) is 30.5 Å². The summed E-state index contributed by atoms with van der Waals surface area (Å²) in [6.45, 7) is 2.54. The lowest BCUT2D eigenvalue weighted by Crippen LogP contribution is -2.19. The summed E-state index contributed by atoms with van der Waals surface area (Å²) in [5.41, 5.74) is 2.03. The molecule has 0 amide bonds. The van der Waals surface area contributed by atoms with Gasteiger partial charge in [-0.3, -0.25) is 0 Å². The minimum Gasteiger partial charge on any atom is -0.488 e. The van der Waals surface area contributed by atoms with Gasteiger partial charge in [0, 0.05) is 41.4 Å². The zero-order chi connectivity index (χ0) is 18.4. The van der Waals surface area contributed by atoms with Gasteiger partial charge < -0.3 is 14.8 Å². The van der Waals surface area contributed by atoms with Crippen molar-refractivity contribution in [2.45, 2.75) is 13.2 Å². The highest BCUT2D eigenvalue weighted by Crippen LogP contribution is 2.30. The van der Waals surface area contributed by atoms with Crippen molar-refractivity contribution >= 4 is 34.0 Å². The summed E-state index contributed by atoms with van der Waals surface area (Å²) in [6.07, 6.45) is 0. The quantitative estimate of drug-likeness (QED) is 0.518. The number of hydrogen-bond donors (Lipinski definition) is 1. The van der Waals surface area contributed by atoms with Crippen LogP contribution in [0.15, 0.2) is 54.6 Å². The van der Waals surface area contributed by atoms with E-state index in [2.05, 4.69) is 23.5 Å². The number of nitrogens with one attached hydrogen (secondary N) is 1. The summed E-state index contributed by atoms with van der Waals surface area (Å²) >= 11 is 12.2. The van der Waals surface area contributed by atoms with Crippen LogP contribution in [0, 0.1) is 0 Å². The molecule has 0 aliphatic heterocycles. The molecule has 0 unspecified atom stereocenters. The normalized spacial score (nSPS) is 11.0. The van der Waals surface area contributed by atoms with Crippen LogP contribution in [0.25, 0.3) is 10.8 Å². The molecule has 0 spiro atoms. The Morgan fingerprint density at radius 1 is 1.00 bits per heavy atom. The molecule has 0 aliphatic rings. The molecule has 1 N–H and O–H groups in total. The van der Waals surface area contributed by atoms with Crippen LogP contribution < -0.4 is 10.1 Å². The standard InChI is InChI=1S/C21H21Cl2NO2/c1-25-11-10-24-13-19-18-5-3-2-4-15(18)7-9-21(19)26-14-16-6-8-17(22)12-20(16)23/h2-9,12,24H,10-11,13-14H2,1H3. The number of fused-ring (bicyclic) bond motifs is 1. The highest BCUT2D eigenvalue weighted by atomic mass is 35.5. The van der Waals surface area contributed by atoms with E-state index in [0.717, 1.165) is 23.4 Å². The van der Waals surface area contributed by atoms with Gasteiger partial charge in [-0.25, -0.2) is 0 Å². The van der Waals surface area contributed by atoms with Gasteiger partial charge in [-0.1, -0.05) is 59.6 Å². The smallest absolute Gasteiger partial charge is 0.124 e. The average molecular weight is 390 g/mol. The third-order valence-corrected chi connectivity index (χ3v) is 4.77. The van der Waals surface area contributed by atoms with Crippen LogP contribution in [0.2, 0.25) is 10.0 Å². The predicted molar refractivity (Wildman–Crippen MR) is 108 cm³/mol. The Hall–Kier alpha value is -1.78. The Labute approximate surface area is 163 Å². The van der Waals surface area contributed by atoms with Crippen LogP contribution in [0.4, 0.5) is 0 Å². The molecule has 3 aromatic carbocycles. The molecule has 5 heteroatoms. The maximum Gasteiger partial charge on any atom is 0.124 e. The van der Waals surface area contributed by atoms with Crippen LogP contribution in [0.1, 0.15) is 11.1 Å². The number of methoxy groups -OCH3 is 1. The Bertz CT molecular complexity index is 883. The fourth-order valence-corrected chi connectivity index (χ4v) is 3.28. The van der Waals surface area contributed by atoms with Gasteiger partial charge in [0.05, 0.1) is 6.61 Å². The van der Waals surface area contributed by atoms with Gasteiger partial charge in [0.25, 0.3) is 0 Å². The summed E-state index contributed by atoms with van der Waals surface area (Å²) in [7, 11) is 1.70. The summed E-state index contributed by atoms with van der Waals surface area (Å²) in [4.78, 5) is 0. The summed E-state index contributed by atoms with van der Waals surface area (Å²) < 4.78 is 11.2. The van der Waals surface area contributed by atoms with E-state index in [-0.39, 0.29) is 0 Å². The molecule has 0 saturated heterocycles. The molecule has 0 radical (unpaired) electrons. The molecular formula is C21H21Cl2NO2. The predicted octanol–water partition coefficient (Wildman–Crippen LogP) is 5.46. The van der Waals surface area contributed by atoms with Crippen LogP contribution >= 0.6 is 23.2 Å². The van der Waals surface area contributed by atoms with Gasteiger partial charge in [0.1, 0.15) is 12.4 Å². The van der Waals surface area contributed by atoms with Crippen LogP contribution in [0.3, 0.4) is 0 Å². The zero-order valence-electron chi connectivity index (χ0n) is 14.6. The largest absolute Gasteiger partial charge is 0.488 e. The van der Waals surface area contributed by atoms with Crippen LogP contribution in [-0.2, 0) is 17.9 Å². The second kappa shape index (κ2) is 9.24. The van der Waals surface area contributed by atoms with Gasteiger partial charge in [-0.2, -0.15) is 0 Å². The lowest BCUT2D eigenvalue weighted by atomic mass is 10.0. The first-order chi connectivity index (χ1) is 12.7. The Kier molecular flexibility index (Phi) is 6.75. The molecule has 26 heavy (non-hydrogen) atoms. The average Bonchev–Trinajstić information content (AvgIpc) is 2.65. The molecule has 0 heterocycles. The third kappa shape index (κ3) is 4.68. The minimum atomic E-state index is 0.388. The SMILES string of the molecule is COCCNCc1c(OCc2ccc(Cl)cc2Cl)ccc2ccccc12. The molecule has 3 aromatic rings. The monoisotopic (exact) mass is 389 g/mol. The number of halogens is 2. The van der Waals surface area contributed by atoms with Crippen molar-refractivity contribution in [2.24, 2.45) is 0 Å². The van der Waals surface area contributed by atoms with Gasteiger partial charge in [0.15, 0.2) is 0 Å². The van der Waals surface area contributed by atoms with Crippen molar-refractivity contribution in [3.05, 3.63) is 75.8 Å².